The molecule has 0 fully saturated rings. The summed E-state index contributed by atoms with van der Waals surface area (Å²) in [6.07, 6.45) is -0.281. The second-order valence-electron chi connectivity index (χ2n) is 3.05. The molecular formula is C8H16N2O3. The number of hydrogen-bond donors (Lipinski definition) is 1. The van der Waals surface area contributed by atoms with Crippen LogP contribution >= 0.6 is 0 Å². The summed E-state index contributed by atoms with van der Waals surface area (Å²) in [4.78, 5) is 22.5. The molecule has 0 aliphatic rings. The number of nitrogens with one attached hydrogen (secondary N) is 1. The SMILES string of the molecule is CC(=O)NCC(CN(C)C)OC=O. The summed E-state index contributed by atoms with van der Waals surface area (Å²) in [6.45, 7) is 2.77. The minimum Gasteiger partial charge on any atom is -0.461 e. The molecule has 0 radical (unpaired) electrons. The lowest BCUT2D eigenvalue weighted by molar-refractivity contribution is -0.135. The van der Waals surface area contributed by atoms with E-state index in [-0.39, 0.29) is 12.0 Å². The average molecular weight is 188 g/mol. The van der Waals surface area contributed by atoms with Crippen molar-refractivity contribution in [2.45, 2.75) is 13.0 Å². The Bertz CT molecular complexity index is 171. The summed E-state index contributed by atoms with van der Waals surface area (Å²) >= 11 is 0. The number of rotatable bonds is 6. The Hall–Kier alpha value is -1.10. The van der Waals surface area contributed by atoms with E-state index in [0.29, 0.717) is 19.6 Å². The molecule has 1 N–H and O–H groups in total. The molecule has 0 aliphatic heterocycles. The Balaban J connectivity index is 3.79. The van der Waals surface area contributed by atoms with Gasteiger partial charge in [0.2, 0.25) is 5.91 Å². The second-order valence-corrected chi connectivity index (χ2v) is 3.05. The van der Waals surface area contributed by atoms with Gasteiger partial charge in [-0.3, -0.25) is 9.59 Å². The molecule has 76 valence electrons. The van der Waals surface area contributed by atoms with Crippen molar-refractivity contribution in [2.75, 3.05) is 27.2 Å². The van der Waals surface area contributed by atoms with Crippen LogP contribution in [0.25, 0.3) is 0 Å². The van der Waals surface area contributed by atoms with E-state index < -0.39 is 0 Å². The van der Waals surface area contributed by atoms with Crippen molar-refractivity contribution < 1.29 is 14.3 Å². The highest BCUT2D eigenvalue weighted by atomic mass is 16.5. The third kappa shape index (κ3) is 7.27. The number of ether oxygens (including phenoxy) is 1. The molecule has 1 unspecified atom stereocenters. The summed E-state index contributed by atoms with van der Waals surface area (Å²) in [5.41, 5.74) is 0. The Morgan fingerprint density at radius 2 is 2.23 bits per heavy atom. The minimum absolute atomic E-state index is 0.127. The standard InChI is InChI=1S/C8H16N2O3/c1-7(12)9-4-8(13-6-11)5-10(2)3/h6,8H,4-5H2,1-3H3,(H,9,12). The molecule has 0 bridgehead atoms. The smallest absolute Gasteiger partial charge is 0.293 e. The van der Waals surface area contributed by atoms with E-state index in [2.05, 4.69) is 5.32 Å². The van der Waals surface area contributed by atoms with Crippen molar-refractivity contribution in [2.24, 2.45) is 0 Å². The van der Waals surface area contributed by atoms with E-state index in [1.54, 1.807) is 0 Å². The van der Waals surface area contributed by atoms with Gasteiger partial charge in [-0.2, -0.15) is 0 Å². The minimum atomic E-state index is -0.281. The first-order valence-corrected chi connectivity index (χ1v) is 4.04. The highest BCUT2D eigenvalue weighted by molar-refractivity contribution is 5.72. The second kappa shape index (κ2) is 6.42. The fourth-order valence-corrected chi connectivity index (χ4v) is 0.899. The van der Waals surface area contributed by atoms with Crippen molar-refractivity contribution in [3.63, 3.8) is 0 Å². The third-order valence-corrected chi connectivity index (χ3v) is 1.40. The molecule has 5 heteroatoms. The molecule has 0 saturated heterocycles. The zero-order valence-corrected chi connectivity index (χ0v) is 8.24. The van der Waals surface area contributed by atoms with Crippen LogP contribution in [-0.4, -0.2) is 50.6 Å². The molecule has 1 atom stereocenters. The molecule has 0 rings (SSSR count). The molecule has 0 aromatic rings. The average Bonchev–Trinajstić information content (AvgIpc) is 1.99. The van der Waals surface area contributed by atoms with Gasteiger partial charge in [0.25, 0.3) is 6.47 Å². The summed E-state index contributed by atoms with van der Waals surface area (Å²) in [6, 6.07) is 0. The van der Waals surface area contributed by atoms with Crippen LogP contribution in [-0.2, 0) is 14.3 Å². The lowest BCUT2D eigenvalue weighted by Gasteiger charge is -2.19. The Labute approximate surface area is 78.0 Å². The maximum absolute atomic E-state index is 10.6. The monoisotopic (exact) mass is 188 g/mol. The maximum Gasteiger partial charge on any atom is 0.293 e. The molecule has 13 heavy (non-hydrogen) atoms. The van der Waals surface area contributed by atoms with Crippen LogP contribution in [0.5, 0.6) is 0 Å². The summed E-state index contributed by atoms with van der Waals surface area (Å²) in [5.74, 6) is -0.127. The molecule has 0 spiro atoms. The molecule has 1 amide bonds. The van der Waals surface area contributed by atoms with Crippen molar-refractivity contribution in [1.29, 1.82) is 0 Å². The molecule has 5 nitrogen and oxygen atoms in total. The fourth-order valence-electron chi connectivity index (χ4n) is 0.899. The van der Waals surface area contributed by atoms with E-state index in [4.69, 9.17) is 4.74 Å². The summed E-state index contributed by atoms with van der Waals surface area (Å²) in [7, 11) is 3.74. The molecule has 0 heterocycles. The van der Waals surface area contributed by atoms with Gasteiger partial charge in [-0.25, -0.2) is 0 Å². The number of hydrogen-bond acceptors (Lipinski definition) is 4. The van der Waals surface area contributed by atoms with Gasteiger partial charge < -0.3 is 15.0 Å². The highest BCUT2D eigenvalue weighted by Crippen LogP contribution is 1.90. The molecule has 0 aromatic heterocycles. The lowest BCUT2D eigenvalue weighted by atomic mass is 10.3. The lowest BCUT2D eigenvalue weighted by Crippen LogP contribution is -2.38. The van der Waals surface area contributed by atoms with Gasteiger partial charge in [0.1, 0.15) is 6.10 Å². The first-order valence-electron chi connectivity index (χ1n) is 4.04. The van der Waals surface area contributed by atoms with Crippen LogP contribution < -0.4 is 5.32 Å². The van der Waals surface area contributed by atoms with Crippen LogP contribution in [0.2, 0.25) is 0 Å². The molecule has 0 aromatic carbocycles. The number of carbonyl (C=O) groups excluding carboxylic acids is 2. The zero-order chi connectivity index (χ0) is 10.3. The van der Waals surface area contributed by atoms with E-state index in [1.807, 2.05) is 19.0 Å². The van der Waals surface area contributed by atoms with Gasteiger partial charge in [-0.1, -0.05) is 0 Å². The van der Waals surface area contributed by atoms with Crippen molar-refractivity contribution >= 4 is 12.4 Å². The summed E-state index contributed by atoms with van der Waals surface area (Å²) < 4.78 is 4.77. The van der Waals surface area contributed by atoms with Gasteiger partial charge in [-0.05, 0) is 14.1 Å². The van der Waals surface area contributed by atoms with E-state index in [1.165, 1.54) is 6.92 Å². The van der Waals surface area contributed by atoms with Crippen LogP contribution in [0.3, 0.4) is 0 Å². The molecule has 0 aliphatic carbocycles. The predicted octanol–water partition coefficient (Wildman–Crippen LogP) is -0.774. The molecule has 0 saturated carbocycles. The van der Waals surface area contributed by atoms with Crippen LogP contribution in [0.4, 0.5) is 0 Å². The topological polar surface area (TPSA) is 58.6 Å². The van der Waals surface area contributed by atoms with Gasteiger partial charge in [0, 0.05) is 13.5 Å². The number of amides is 1. The first kappa shape index (κ1) is 11.9. The van der Waals surface area contributed by atoms with Crippen molar-refractivity contribution in [3.05, 3.63) is 0 Å². The Morgan fingerprint density at radius 3 is 2.62 bits per heavy atom. The van der Waals surface area contributed by atoms with Crippen LogP contribution in [0.15, 0.2) is 0 Å². The van der Waals surface area contributed by atoms with Crippen LogP contribution in [0.1, 0.15) is 6.92 Å². The largest absolute Gasteiger partial charge is 0.461 e. The first-order chi connectivity index (χ1) is 6.06. The van der Waals surface area contributed by atoms with E-state index >= 15 is 0 Å². The Kier molecular flexibility index (Phi) is 5.88. The number of nitrogens with zero attached hydrogens (tertiary/aromatic N) is 1. The number of carbonyl (C=O) groups is 2. The quantitative estimate of drug-likeness (QED) is 0.556. The van der Waals surface area contributed by atoms with Gasteiger partial charge in [-0.15, -0.1) is 0 Å². The number of likely N-dealkylation sites (N-methyl/N-ethyl adjacent to an activating group) is 1. The normalized spacial score (nSPS) is 12.3. The zero-order valence-electron chi connectivity index (χ0n) is 8.24. The van der Waals surface area contributed by atoms with E-state index in [9.17, 15) is 9.59 Å². The Morgan fingerprint density at radius 1 is 1.62 bits per heavy atom. The maximum atomic E-state index is 10.6. The summed E-state index contributed by atoms with van der Waals surface area (Å²) in [5, 5.41) is 2.59. The van der Waals surface area contributed by atoms with E-state index in [0.717, 1.165) is 0 Å². The van der Waals surface area contributed by atoms with Gasteiger partial charge in [0.15, 0.2) is 0 Å². The van der Waals surface area contributed by atoms with Crippen molar-refractivity contribution in [3.8, 4) is 0 Å². The highest BCUT2D eigenvalue weighted by Gasteiger charge is 2.10. The van der Waals surface area contributed by atoms with Crippen LogP contribution in [0, 0.1) is 0 Å². The predicted molar refractivity (Wildman–Crippen MR) is 48.2 cm³/mol. The fraction of sp³-hybridized carbons (Fsp3) is 0.750. The molecular weight excluding hydrogens is 172 g/mol. The van der Waals surface area contributed by atoms with Gasteiger partial charge >= 0.3 is 0 Å². The van der Waals surface area contributed by atoms with Crippen molar-refractivity contribution in [1.82, 2.24) is 10.2 Å². The van der Waals surface area contributed by atoms with Gasteiger partial charge in [0.05, 0.1) is 6.54 Å². The third-order valence-electron chi connectivity index (χ3n) is 1.40.